The van der Waals surface area contributed by atoms with Gasteiger partial charge in [-0.3, -0.25) is 10.8 Å². The van der Waals surface area contributed by atoms with E-state index in [4.69, 9.17) is 29.0 Å². The highest BCUT2D eigenvalue weighted by Gasteiger charge is 2.24. The summed E-state index contributed by atoms with van der Waals surface area (Å²) in [7, 11) is 0. The smallest absolute Gasteiger partial charge is 0.194 e. The topological polar surface area (TPSA) is 50.9 Å². The lowest BCUT2D eigenvalue weighted by atomic mass is 10.0. The molecule has 20 heavy (non-hydrogen) atoms. The maximum Gasteiger partial charge on any atom is 0.194 e. The highest BCUT2D eigenvalue weighted by atomic mass is 35.5. The monoisotopic (exact) mass is 321 g/mol. The number of hydrogen-bond donors (Lipinski definition) is 2. The number of halogens is 5. The fraction of sp³-hybridized carbons (Fsp3) is 0.0833. The second kappa shape index (κ2) is 5.97. The van der Waals surface area contributed by atoms with Crippen LogP contribution in [0.2, 0.25) is 10.0 Å². The van der Waals surface area contributed by atoms with E-state index in [-0.39, 0.29) is 21.3 Å². The van der Waals surface area contributed by atoms with Crippen LogP contribution in [-0.2, 0) is 0 Å². The van der Waals surface area contributed by atoms with Gasteiger partial charge in [-0.15, -0.1) is 0 Å². The molecule has 3 nitrogen and oxygen atoms in total. The molecule has 1 aromatic heterocycles. The molecule has 0 saturated heterocycles. The van der Waals surface area contributed by atoms with E-state index in [9.17, 15) is 13.2 Å². The first kappa shape index (κ1) is 15.1. The van der Waals surface area contributed by atoms with Gasteiger partial charge in [-0.2, -0.15) is 0 Å². The number of hydrazine groups is 1. The number of nitrogens with one attached hydrogen (secondary N) is 1. The third-order valence-corrected chi connectivity index (χ3v) is 3.16. The largest absolute Gasteiger partial charge is 0.271 e. The molecule has 1 unspecified atom stereocenters. The second-order valence-electron chi connectivity index (χ2n) is 3.88. The minimum Gasteiger partial charge on any atom is -0.271 e. The van der Waals surface area contributed by atoms with Gasteiger partial charge in [0.2, 0.25) is 0 Å². The van der Waals surface area contributed by atoms with Crippen molar-refractivity contribution in [3.8, 4) is 0 Å². The Morgan fingerprint density at radius 2 is 1.85 bits per heavy atom. The van der Waals surface area contributed by atoms with E-state index in [0.717, 1.165) is 12.1 Å². The maximum absolute atomic E-state index is 13.8. The Balaban J connectivity index is 2.55. The van der Waals surface area contributed by atoms with Gasteiger partial charge in [-0.05, 0) is 12.1 Å². The fourth-order valence-electron chi connectivity index (χ4n) is 1.72. The summed E-state index contributed by atoms with van der Waals surface area (Å²) < 4.78 is 40.0. The summed E-state index contributed by atoms with van der Waals surface area (Å²) in [5.41, 5.74) is 2.19. The van der Waals surface area contributed by atoms with Crippen LogP contribution in [0, 0.1) is 17.5 Å². The van der Waals surface area contributed by atoms with Crippen molar-refractivity contribution in [2.24, 2.45) is 5.84 Å². The van der Waals surface area contributed by atoms with Gasteiger partial charge in [0.05, 0.1) is 21.8 Å². The fourth-order valence-corrected chi connectivity index (χ4v) is 2.21. The SMILES string of the molecule is NNC(c1ccc(F)c(F)c1F)c1ncc(Cl)cc1Cl. The van der Waals surface area contributed by atoms with Crippen LogP contribution >= 0.6 is 23.2 Å². The first-order valence-electron chi connectivity index (χ1n) is 5.36. The van der Waals surface area contributed by atoms with Gasteiger partial charge in [-0.1, -0.05) is 29.3 Å². The van der Waals surface area contributed by atoms with Gasteiger partial charge in [0.15, 0.2) is 17.5 Å². The van der Waals surface area contributed by atoms with Crippen molar-refractivity contribution in [2.75, 3.05) is 0 Å². The van der Waals surface area contributed by atoms with Crippen LogP contribution in [0.3, 0.4) is 0 Å². The van der Waals surface area contributed by atoms with Crippen LogP contribution in [0.5, 0.6) is 0 Å². The molecule has 1 heterocycles. The molecule has 0 radical (unpaired) electrons. The Kier molecular flexibility index (Phi) is 4.49. The molecule has 0 aliphatic rings. The molecule has 2 rings (SSSR count). The molecule has 0 spiro atoms. The number of benzene rings is 1. The lowest BCUT2D eigenvalue weighted by Crippen LogP contribution is -2.30. The molecule has 0 saturated carbocycles. The molecular weight excluding hydrogens is 314 g/mol. The molecule has 0 bridgehead atoms. The Labute approximate surface area is 122 Å². The minimum atomic E-state index is -1.59. The number of hydrogen-bond acceptors (Lipinski definition) is 3. The second-order valence-corrected chi connectivity index (χ2v) is 4.73. The third kappa shape index (κ3) is 2.73. The van der Waals surface area contributed by atoms with Crippen molar-refractivity contribution in [1.82, 2.24) is 10.4 Å². The van der Waals surface area contributed by atoms with Gasteiger partial charge < -0.3 is 0 Å². The Bertz CT molecular complexity index is 652. The van der Waals surface area contributed by atoms with Crippen molar-refractivity contribution in [1.29, 1.82) is 0 Å². The van der Waals surface area contributed by atoms with Gasteiger partial charge >= 0.3 is 0 Å². The molecule has 0 fully saturated rings. The minimum absolute atomic E-state index is 0.115. The van der Waals surface area contributed by atoms with Crippen molar-refractivity contribution in [3.05, 3.63) is 63.2 Å². The summed E-state index contributed by atoms with van der Waals surface area (Å²) in [6, 6.07) is 2.19. The van der Waals surface area contributed by atoms with Gasteiger partial charge in [0.25, 0.3) is 0 Å². The summed E-state index contributed by atoms with van der Waals surface area (Å²) in [4.78, 5) is 3.93. The van der Waals surface area contributed by atoms with E-state index in [1.165, 1.54) is 12.3 Å². The van der Waals surface area contributed by atoms with Gasteiger partial charge in [0, 0.05) is 11.8 Å². The van der Waals surface area contributed by atoms with Crippen molar-refractivity contribution in [3.63, 3.8) is 0 Å². The summed E-state index contributed by atoms with van der Waals surface area (Å²) in [6.07, 6.45) is 1.28. The number of aromatic nitrogens is 1. The lowest BCUT2D eigenvalue weighted by Gasteiger charge is -2.18. The van der Waals surface area contributed by atoms with Crippen LogP contribution in [0.25, 0.3) is 0 Å². The average molecular weight is 322 g/mol. The first-order valence-corrected chi connectivity index (χ1v) is 6.11. The summed E-state index contributed by atoms with van der Waals surface area (Å²) in [6.45, 7) is 0. The van der Waals surface area contributed by atoms with Crippen molar-refractivity contribution >= 4 is 23.2 Å². The predicted molar refractivity (Wildman–Crippen MR) is 69.7 cm³/mol. The summed E-state index contributed by atoms with van der Waals surface area (Å²) in [5.74, 6) is 1.09. The summed E-state index contributed by atoms with van der Waals surface area (Å²) in [5, 5.41) is 0.393. The Morgan fingerprint density at radius 3 is 2.45 bits per heavy atom. The van der Waals surface area contributed by atoms with E-state index in [0.29, 0.717) is 0 Å². The first-order chi connectivity index (χ1) is 9.45. The molecule has 3 N–H and O–H groups in total. The van der Waals surface area contributed by atoms with E-state index in [1.807, 2.05) is 0 Å². The maximum atomic E-state index is 13.8. The number of pyridine rings is 1. The van der Waals surface area contributed by atoms with Crippen LogP contribution < -0.4 is 11.3 Å². The molecule has 8 heteroatoms. The van der Waals surface area contributed by atoms with Gasteiger partial charge in [0.1, 0.15) is 0 Å². The van der Waals surface area contributed by atoms with Crippen LogP contribution in [0.4, 0.5) is 13.2 Å². The van der Waals surface area contributed by atoms with E-state index in [2.05, 4.69) is 10.4 Å². The number of nitrogens with zero attached hydrogens (tertiary/aromatic N) is 1. The van der Waals surface area contributed by atoms with Crippen molar-refractivity contribution < 1.29 is 13.2 Å². The van der Waals surface area contributed by atoms with Crippen LogP contribution in [0.1, 0.15) is 17.3 Å². The molecule has 0 amide bonds. The zero-order valence-electron chi connectivity index (χ0n) is 9.80. The highest BCUT2D eigenvalue weighted by molar-refractivity contribution is 6.34. The zero-order valence-corrected chi connectivity index (χ0v) is 11.3. The molecule has 0 aliphatic heterocycles. The quantitative estimate of drug-likeness (QED) is 0.518. The zero-order chi connectivity index (χ0) is 14.9. The number of rotatable bonds is 3. The van der Waals surface area contributed by atoms with Crippen molar-refractivity contribution in [2.45, 2.75) is 6.04 Å². The van der Waals surface area contributed by atoms with Crippen LogP contribution in [0.15, 0.2) is 24.4 Å². The average Bonchev–Trinajstić information content (AvgIpc) is 2.41. The highest BCUT2D eigenvalue weighted by Crippen LogP contribution is 2.30. The molecule has 106 valence electrons. The molecule has 1 aromatic carbocycles. The molecule has 1 atom stereocenters. The molecule has 0 aliphatic carbocycles. The lowest BCUT2D eigenvalue weighted by molar-refractivity contribution is 0.432. The summed E-state index contributed by atoms with van der Waals surface area (Å²) >= 11 is 11.6. The Hall–Kier alpha value is -1.34. The third-order valence-electron chi connectivity index (χ3n) is 2.65. The van der Waals surface area contributed by atoms with E-state index < -0.39 is 23.5 Å². The molecular formula is C12H8Cl2F3N3. The van der Waals surface area contributed by atoms with Gasteiger partial charge in [-0.25, -0.2) is 18.6 Å². The molecule has 2 aromatic rings. The van der Waals surface area contributed by atoms with Crippen LogP contribution in [-0.4, -0.2) is 4.98 Å². The normalized spacial score (nSPS) is 12.5. The Morgan fingerprint density at radius 1 is 1.15 bits per heavy atom. The van der Waals surface area contributed by atoms with E-state index in [1.54, 1.807) is 0 Å². The predicted octanol–water partition coefficient (Wildman–Crippen LogP) is 3.36. The number of nitrogens with two attached hydrogens (primary N) is 1. The van der Waals surface area contributed by atoms with E-state index >= 15 is 0 Å². The standard InChI is InChI=1S/C12H8Cl2F3N3/c13-5-3-7(14)12(19-4-5)11(20-18)6-1-2-8(15)10(17)9(6)16/h1-4,11,20H,18H2.